The summed E-state index contributed by atoms with van der Waals surface area (Å²) < 4.78 is 1.96. The zero-order valence-corrected chi connectivity index (χ0v) is 16.8. The topological polar surface area (TPSA) is 74.3 Å². The van der Waals surface area contributed by atoms with Gasteiger partial charge >= 0.3 is 5.97 Å². The van der Waals surface area contributed by atoms with Gasteiger partial charge in [0.1, 0.15) is 0 Å². The minimum atomic E-state index is -1.85. The van der Waals surface area contributed by atoms with Gasteiger partial charge in [-0.15, -0.1) is 0 Å². The number of aliphatic carboxylic acids is 1. The predicted octanol–water partition coefficient (Wildman–Crippen LogP) is -0.435. The molecule has 136 valence electrons. The normalized spacial score (nSPS) is 13.0. The van der Waals surface area contributed by atoms with E-state index in [1.165, 1.54) is 0 Å². The molecule has 2 aromatic heterocycles. The van der Waals surface area contributed by atoms with Crippen molar-refractivity contribution in [1.29, 1.82) is 0 Å². The highest BCUT2D eigenvalue weighted by Crippen LogP contribution is 2.27. The van der Waals surface area contributed by atoms with Gasteiger partial charge in [-0.25, -0.2) is 9.36 Å². The van der Waals surface area contributed by atoms with Gasteiger partial charge < -0.3 is 34.2 Å². The van der Waals surface area contributed by atoms with Gasteiger partial charge in [-0.3, -0.25) is 4.98 Å². The Morgan fingerprint density at radius 3 is 2.65 bits per heavy atom. The van der Waals surface area contributed by atoms with Gasteiger partial charge in [0.05, 0.1) is 5.52 Å². The van der Waals surface area contributed by atoms with E-state index in [0.29, 0.717) is 12.1 Å². The number of carboxylic acid groups (broad SMARTS) is 1. The second kappa shape index (κ2) is 8.09. The highest BCUT2D eigenvalue weighted by atomic mass is 127. The second-order valence-electron chi connectivity index (χ2n) is 6.27. The summed E-state index contributed by atoms with van der Waals surface area (Å²) in [5.41, 5.74) is 1.32. The molecule has 2 heterocycles. The van der Waals surface area contributed by atoms with Crippen molar-refractivity contribution in [1.82, 2.24) is 4.98 Å². The molecule has 0 bridgehead atoms. The lowest BCUT2D eigenvalue weighted by atomic mass is 9.89. The van der Waals surface area contributed by atoms with Crippen LogP contribution in [0.1, 0.15) is 30.0 Å². The molecule has 0 amide bonds. The maximum absolute atomic E-state index is 11.4. The Bertz CT molecular complexity index is 945. The molecule has 3 aromatic rings. The number of aliphatic hydroxyl groups is 1. The average Bonchev–Trinajstić information content (AvgIpc) is 2.61. The summed E-state index contributed by atoms with van der Waals surface area (Å²) in [6.45, 7) is 4.10. The molecule has 5 nitrogen and oxygen atoms in total. The molecule has 6 heteroatoms. The fraction of sp³-hybridized carbons (Fsp3) is 0.250. The summed E-state index contributed by atoms with van der Waals surface area (Å²) in [5, 5.41) is 20.9. The van der Waals surface area contributed by atoms with E-state index in [1.807, 2.05) is 48.1 Å². The van der Waals surface area contributed by atoms with Crippen molar-refractivity contribution in [2.24, 2.45) is 0 Å². The van der Waals surface area contributed by atoms with Gasteiger partial charge in [0, 0.05) is 34.3 Å². The predicted molar refractivity (Wildman–Crippen MR) is 94.0 cm³/mol. The molecular formula is C20H21IN2O3. The van der Waals surface area contributed by atoms with Crippen LogP contribution in [0.3, 0.4) is 0 Å². The fourth-order valence-electron chi connectivity index (χ4n) is 3.10. The van der Waals surface area contributed by atoms with Crippen LogP contribution in [0.2, 0.25) is 0 Å². The Morgan fingerprint density at radius 2 is 2.00 bits per heavy atom. The van der Waals surface area contributed by atoms with Crippen LogP contribution in [0.15, 0.2) is 55.0 Å². The molecule has 1 atom stereocenters. The van der Waals surface area contributed by atoms with Crippen LogP contribution in [-0.4, -0.2) is 21.2 Å². The number of carbonyl (C=O) groups is 1. The number of aromatic nitrogens is 2. The number of rotatable bonds is 5. The average molecular weight is 464 g/mol. The van der Waals surface area contributed by atoms with E-state index in [-0.39, 0.29) is 30.4 Å². The Balaban J connectivity index is 0.00000243. The Labute approximate surface area is 169 Å². The summed E-state index contributed by atoms with van der Waals surface area (Å²) in [4.78, 5) is 15.9. The van der Waals surface area contributed by atoms with Crippen LogP contribution in [-0.2, 0) is 16.9 Å². The quantitative estimate of drug-likeness (QED) is 0.397. The van der Waals surface area contributed by atoms with Crippen LogP contribution >= 0.6 is 0 Å². The van der Waals surface area contributed by atoms with E-state index >= 15 is 0 Å². The van der Waals surface area contributed by atoms with Crippen molar-refractivity contribution in [2.45, 2.75) is 32.4 Å². The molecular weight excluding hydrogens is 443 g/mol. The molecule has 0 spiro atoms. The third-order valence-electron chi connectivity index (χ3n) is 4.54. The van der Waals surface area contributed by atoms with E-state index in [4.69, 9.17) is 0 Å². The second-order valence-corrected chi connectivity index (χ2v) is 6.27. The summed E-state index contributed by atoms with van der Waals surface area (Å²) in [6, 6.07) is 11.7. The summed E-state index contributed by atoms with van der Waals surface area (Å²) in [6.07, 6.45) is 5.61. The zero-order valence-electron chi connectivity index (χ0n) is 14.7. The number of pyridine rings is 2. The van der Waals surface area contributed by atoms with E-state index in [0.717, 1.165) is 22.0 Å². The third-order valence-corrected chi connectivity index (χ3v) is 4.54. The van der Waals surface area contributed by atoms with Gasteiger partial charge in [-0.2, -0.15) is 0 Å². The van der Waals surface area contributed by atoms with Crippen molar-refractivity contribution >= 4 is 16.9 Å². The molecule has 0 fully saturated rings. The molecule has 2 N–H and O–H groups in total. The molecule has 0 aliphatic rings. The van der Waals surface area contributed by atoms with Gasteiger partial charge in [0.25, 0.3) is 0 Å². The van der Waals surface area contributed by atoms with Gasteiger partial charge in [-0.1, -0.05) is 25.1 Å². The van der Waals surface area contributed by atoms with Crippen molar-refractivity contribution in [2.75, 3.05) is 0 Å². The smallest absolute Gasteiger partial charge is 0.340 e. The minimum absolute atomic E-state index is 0. The lowest BCUT2D eigenvalue weighted by Gasteiger charge is -2.23. The highest BCUT2D eigenvalue weighted by Gasteiger charge is 2.38. The molecule has 1 aromatic carbocycles. The third kappa shape index (κ3) is 3.86. The van der Waals surface area contributed by atoms with Crippen LogP contribution < -0.4 is 28.5 Å². The summed E-state index contributed by atoms with van der Waals surface area (Å²) >= 11 is 0. The van der Waals surface area contributed by atoms with E-state index < -0.39 is 11.6 Å². The Hall–Kier alpha value is -2.06. The minimum Gasteiger partial charge on any atom is -1.00 e. The van der Waals surface area contributed by atoms with Crippen molar-refractivity contribution in [3.05, 3.63) is 71.7 Å². The molecule has 0 aliphatic heterocycles. The number of fused-ring (bicyclic) bond motifs is 1. The molecule has 3 rings (SSSR count). The van der Waals surface area contributed by atoms with Crippen molar-refractivity contribution in [3.8, 4) is 0 Å². The maximum atomic E-state index is 11.4. The number of carboxylic acids is 1. The summed E-state index contributed by atoms with van der Waals surface area (Å²) in [7, 11) is 0. The van der Waals surface area contributed by atoms with Crippen LogP contribution in [0.4, 0.5) is 0 Å². The first-order chi connectivity index (χ1) is 11.9. The van der Waals surface area contributed by atoms with Crippen molar-refractivity contribution < 1.29 is 43.6 Å². The van der Waals surface area contributed by atoms with E-state index in [2.05, 4.69) is 11.1 Å². The summed E-state index contributed by atoms with van der Waals surface area (Å²) in [5.74, 6) is -1.23. The molecule has 0 radical (unpaired) electrons. The largest absolute Gasteiger partial charge is 1.00 e. The van der Waals surface area contributed by atoms with E-state index in [1.54, 1.807) is 19.2 Å². The SMILES string of the molecule is CCC(O)(C(=O)O)c1cc[n+](Cc2cnc3ccccc3c2)cc1C.[I-]. The number of hydrogen-bond acceptors (Lipinski definition) is 3. The van der Waals surface area contributed by atoms with Gasteiger partial charge in [-0.05, 0) is 25.5 Å². The lowest BCUT2D eigenvalue weighted by molar-refractivity contribution is -0.688. The van der Waals surface area contributed by atoms with Crippen LogP contribution in [0.5, 0.6) is 0 Å². The standard InChI is InChI=1S/C20H20N2O3.HI/c1-3-20(25,19(23)24)17-8-9-22(12-14(17)2)13-15-10-16-6-4-5-7-18(16)21-11-15;/h4-12,25H,3,13H2,1-2H3;1H. The maximum Gasteiger partial charge on any atom is 0.340 e. The first-order valence-corrected chi connectivity index (χ1v) is 8.23. The Morgan fingerprint density at radius 1 is 1.27 bits per heavy atom. The highest BCUT2D eigenvalue weighted by molar-refractivity contribution is 5.79. The first kappa shape index (κ1) is 20.3. The number of para-hydroxylation sites is 1. The first-order valence-electron chi connectivity index (χ1n) is 8.23. The molecule has 0 aliphatic carbocycles. The zero-order chi connectivity index (χ0) is 18.0. The molecule has 0 saturated heterocycles. The molecule has 1 unspecified atom stereocenters. The molecule has 0 saturated carbocycles. The van der Waals surface area contributed by atoms with Crippen LogP contribution in [0.25, 0.3) is 10.9 Å². The van der Waals surface area contributed by atoms with Gasteiger partial charge in [0.2, 0.25) is 0 Å². The monoisotopic (exact) mass is 464 g/mol. The fourth-order valence-corrected chi connectivity index (χ4v) is 3.10. The number of aryl methyl sites for hydroxylation is 1. The van der Waals surface area contributed by atoms with Crippen LogP contribution in [0, 0.1) is 6.92 Å². The number of nitrogens with zero attached hydrogens (tertiary/aromatic N) is 2. The Kier molecular flexibility index (Phi) is 6.30. The van der Waals surface area contributed by atoms with Crippen molar-refractivity contribution in [3.63, 3.8) is 0 Å². The number of halogens is 1. The number of benzene rings is 1. The molecule has 26 heavy (non-hydrogen) atoms. The lowest BCUT2D eigenvalue weighted by Crippen LogP contribution is -3.00. The number of hydrogen-bond donors (Lipinski definition) is 2. The van der Waals surface area contributed by atoms with E-state index in [9.17, 15) is 15.0 Å². The van der Waals surface area contributed by atoms with Gasteiger partial charge in [0.15, 0.2) is 24.5 Å².